The van der Waals surface area contributed by atoms with Crippen LogP contribution in [0.5, 0.6) is 0 Å². The van der Waals surface area contributed by atoms with Gasteiger partial charge in [0.15, 0.2) is 5.13 Å². The lowest BCUT2D eigenvalue weighted by atomic mass is 10.1. The number of ether oxygens (including phenoxy) is 1. The van der Waals surface area contributed by atoms with Crippen molar-refractivity contribution in [2.45, 2.75) is 18.0 Å². The van der Waals surface area contributed by atoms with Gasteiger partial charge in [-0.3, -0.25) is 19.7 Å². The van der Waals surface area contributed by atoms with Gasteiger partial charge in [0.05, 0.1) is 10.5 Å². The van der Waals surface area contributed by atoms with E-state index < -0.39 is 34.1 Å². The molecule has 0 aliphatic carbocycles. The molecule has 0 spiro atoms. The molecule has 192 valence electrons. The standard InChI is InChI=1S/C21H19N7O7S2/c1-2-7-35-25-14(16-24-21(22)37-26-16)17(29)23-15-18(30)27-8-12(10-36-19(15)27)20(31)34-9-11-3-5-13(6-4-11)28(32)33/h2-6,8,15,19H,1,7,9-10H2,(H,23,29)(H2,22,24,26)/t15?,19-/m1/s1. The van der Waals surface area contributed by atoms with Crippen molar-refractivity contribution < 1.29 is 28.9 Å². The number of nitro groups is 1. The average Bonchev–Trinajstić information content (AvgIpc) is 3.33. The van der Waals surface area contributed by atoms with E-state index in [0.29, 0.717) is 5.56 Å². The first-order valence-corrected chi connectivity index (χ1v) is 12.4. The Hall–Kier alpha value is -4.31. The van der Waals surface area contributed by atoms with E-state index in [1.54, 1.807) is 0 Å². The fraction of sp³-hybridized carbons (Fsp3) is 0.238. The maximum atomic E-state index is 12.9. The Bertz CT molecular complexity index is 1310. The maximum Gasteiger partial charge on any atom is 0.336 e. The Balaban J connectivity index is 1.36. The highest BCUT2D eigenvalue weighted by Crippen LogP contribution is 2.36. The highest BCUT2D eigenvalue weighted by Gasteiger charge is 2.50. The minimum Gasteiger partial charge on any atom is -0.457 e. The van der Waals surface area contributed by atoms with Crippen LogP contribution in [-0.2, 0) is 30.6 Å². The van der Waals surface area contributed by atoms with Gasteiger partial charge in [0.1, 0.15) is 24.6 Å². The fourth-order valence-electron chi connectivity index (χ4n) is 3.26. The third-order valence-electron chi connectivity index (χ3n) is 5.07. The number of nitrogen functional groups attached to an aromatic ring is 1. The quantitative estimate of drug-likeness (QED) is 0.0821. The number of benzene rings is 1. The highest BCUT2D eigenvalue weighted by atomic mass is 32.2. The summed E-state index contributed by atoms with van der Waals surface area (Å²) in [5, 5.41) is 16.8. The number of non-ortho nitro benzene ring substituents is 1. The minimum atomic E-state index is -0.869. The van der Waals surface area contributed by atoms with E-state index >= 15 is 0 Å². The van der Waals surface area contributed by atoms with Gasteiger partial charge in [-0.15, -0.1) is 11.8 Å². The molecule has 3 N–H and O–H groups in total. The van der Waals surface area contributed by atoms with Gasteiger partial charge >= 0.3 is 5.97 Å². The van der Waals surface area contributed by atoms with Crippen molar-refractivity contribution in [1.82, 2.24) is 19.6 Å². The van der Waals surface area contributed by atoms with Gasteiger partial charge in [-0.1, -0.05) is 17.8 Å². The van der Waals surface area contributed by atoms with Crippen LogP contribution in [0.25, 0.3) is 0 Å². The van der Waals surface area contributed by atoms with Crippen molar-refractivity contribution in [3.05, 3.63) is 70.2 Å². The van der Waals surface area contributed by atoms with Crippen LogP contribution >= 0.6 is 23.3 Å². The van der Waals surface area contributed by atoms with Crippen LogP contribution in [0.3, 0.4) is 0 Å². The number of aromatic nitrogens is 2. The number of hydrogen-bond acceptors (Lipinski definition) is 13. The summed E-state index contributed by atoms with van der Waals surface area (Å²) in [7, 11) is 0. The van der Waals surface area contributed by atoms with Crippen LogP contribution in [0.15, 0.2) is 53.8 Å². The number of rotatable bonds is 10. The number of nitrogens with one attached hydrogen (secondary N) is 1. The molecule has 16 heteroatoms. The zero-order chi connectivity index (χ0) is 26.5. The Labute approximate surface area is 217 Å². The fourth-order valence-corrected chi connectivity index (χ4v) is 4.94. The van der Waals surface area contributed by atoms with Gasteiger partial charge in [-0.25, -0.2) is 4.79 Å². The molecule has 1 aromatic heterocycles. The molecule has 2 atom stereocenters. The number of esters is 1. The zero-order valence-electron chi connectivity index (χ0n) is 18.9. The molecule has 2 amide bonds. The first kappa shape index (κ1) is 25.8. The summed E-state index contributed by atoms with van der Waals surface area (Å²) >= 11 is 2.15. The van der Waals surface area contributed by atoms with Gasteiger partial charge in [0.25, 0.3) is 17.5 Å². The van der Waals surface area contributed by atoms with Crippen LogP contribution in [0.1, 0.15) is 11.4 Å². The number of β-lactam (4-membered cyclic amide) rings is 1. The second kappa shape index (κ2) is 11.2. The van der Waals surface area contributed by atoms with Crippen LogP contribution in [0, 0.1) is 10.1 Å². The van der Waals surface area contributed by atoms with Crippen LogP contribution in [0.4, 0.5) is 10.8 Å². The van der Waals surface area contributed by atoms with Gasteiger partial charge in [-0.2, -0.15) is 9.36 Å². The molecule has 2 aromatic rings. The molecule has 14 nitrogen and oxygen atoms in total. The molecule has 1 unspecified atom stereocenters. The first-order chi connectivity index (χ1) is 17.8. The van der Waals surface area contributed by atoms with E-state index in [1.807, 2.05) is 0 Å². The molecular weight excluding hydrogens is 526 g/mol. The molecular formula is C21H19N7O7S2. The lowest BCUT2D eigenvalue weighted by Crippen LogP contribution is -2.69. The number of nitrogens with two attached hydrogens (primary N) is 1. The van der Waals surface area contributed by atoms with Crippen molar-refractivity contribution in [3.8, 4) is 0 Å². The number of nitrogens with zero attached hydrogens (tertiary/aromatic N) is 5. The predicted octanol–water partition coefficient (Wildman–Crippen LogP) is 0.962. The summed E-state index contributed by atoms with van der Waals surface area (Å²) in [6.45, 7) is 3.46. The predicted molar refractivity (Wildman–Crippen MR) is 133 cm³/mol. The van der Waals surface area contributed by atoms with E-state index in [4.69, 9.17) is 15.3 Å². The second-order valence-corrected chi connectivity index (χ2v) is 9.42. The molecule has 0 radical (unpaired) electrons. The normalized spacial score (nSPS) is 18.7. The minimum absolute atomic E-state index is 0.0399. The van der Waals surface area contributed by atoms with Crippen molar-refractivity contribution in [3.63, 3.8) is 0 Å². The van der Waals surface area contributed by atoms with Crippen molar-refractivity contribution >= 4 is 57.6 Å². The monoisotopic (exact) mass is 545 g/mol. The molecule has 4 rings (SSSR count). The van der Waals surface area contributed by atoms with Crippen molar-refractivity contribution in [1.29, 1.82) is 0 Å². The van der Waals surface area contributed by atoms with E-state index in [2.05, 4.69) is 26.4 Å². The van der Waals surface area contributed by atoms with Crippen LogP contribution in [0.2, 0.25) is 0 Å². The maximum absolute atomic E-state index is 12.9. The highest BCUT2D eigenvalue weighted by molar-refractivity contribution is 8.00. The number of nitro benzene ring substituents is 1. The number of carbonyl (C=O) groups excluding carboxylic acids is 3. The third-order valence-corrected chi connectivity index (χ3v) is 6.93. The molecule has 1 aromatic carbocycles. The molecule has 2 aliphatic heterocycles. The first-order valence-electron chi connectivity index (χ1n) is 10.5. The SMILES string of the molecule is C=CCON=C(C(=O)NC1C(=O)N2C=C(C(=O)OCc3ccc([N+](=O)[O-])cc3)CS[C@H]12)c1nsc(N)n1. The molecule has 0 saturated carbocycles. The van der Waals surface area contributed by atoms with Crippen LogP contribution < -0.4 is 11.1 Å². The number of anilines is 1. The number of fused-ring (bicyclic) bond motifs is 1. The Morgan fingerprint density at radius 3 is 2.78 bits per heavy atom. The van der Waals surface area contributed by atoms with E-state index in [9.17, 15) is 24.5 Å². The van der Waals surface area contributed by atoms with Gasteiger partial charge in [-0.05, 0) is 17.7 Å². The van der Waals surface area contributed by atoms with Crippen LogP contribution in [-0.4, -0.2) is 66.5 Å². The van der Waals surface area contributed by atoms with Gasteiger partial charge in [0, 0.05) is 35.6 Å². The summed E-state index contributed by atoms with van der Waals surface area (Å²) < 4.78 is 9.24. The number of amides is 2. The summed E-state index contributed by atoms with van der Waals surface area (Å²) in [4.78, 5) is 58.5. The molecule has 3 heterocycles. The Morgan fingerprint density at radius 1 is 1.38 bits per heavy atom. The number of hydrogen-bond donors (Lipinski definition) is 2. The lowest BCUT2D eigenvalue weighted by Gasteiger charge is -2.47. The third kappa shape index (κ3) is 5.75. The topological polar surface area (TPSA) is 192 Å². The lowest BCUT2D eigenvalue weighted by molar-refractivity contribution is -0.384. The summed E-state index contributed by atoms with van der Waals surface area (Å²) in [5.74, 6) is -1.57. The number of thioether (sulfide) groups is 1. The van der Waals surface area contributed by atoms with Crippen molar-refractivity contribution in [2.75, 3.05) is 18.1 Å². The molecule has 0 bridgehead atoms. The summed E-state index contributed by atoms with van der Waals surface area (Å²) in [6, 6.07) is 4.75. The molecule has 1 fully saturated rings. The molecule has 1 saturated heterocycles. The van der Waals surface area contributed by atoms with E-state index in [1.165, 1.54) is 53.2 Å². The van der Waals surface area contributed by atoms with Gasteiger partial charge in [0.2, 0.25) is 11.5 Å². The smallest absolute Gasteiger partial charge is 0.336 e. The largest absolute Gasteiger partial charge is 0.457 e. The molecule has 2 aliphatic rings. The average molecular weight is 546 g/mol. The summed E-state index contributed by atoms with van der Waals surface area (Å²) in [6.07, 6.45) is 2.84. The Morgan fingerprint density at radius 2 is 2.14 bits per heavy atom. The number of carbonyl (C=O) groups is 3. The zero-order valence-corrected chi connectivity index (χ0v) is 20.6. The van der Waals surface area contributed by atoms with Crippen molar-refractivity contribution in [2.24, 2.45) is 5.16 Å². The summed E-state index contributed by atoms with van der Waals surface area (Å²) in [5.41, 5.74) is 6.13. The number of oxime groups is 1. The molecule has 37 heavy (non-hydrogen) atoms. The van der Waals surface area contributed by atoms with Gasteiger partial charge < -0.3 is 25.5 Å². The van der Waals surface area contributed by atoms with E-state index in [-0.39, 0.29) is 46.9 Å². The second-order valence-electron chi connectivity index (χ2n) is 7.53. The Kier molecular flexibility index (Phi) is 7.78. The van der Waals surface area contributed by atoms with E-state index in [0.717, 1.165) is 11.5 Å².